The van der Waals surface area contributed by atoms with E-state index in [1.807, 2.05) is 72.3 Å². The fourth-order valence-corrected chi connectivity index (χ4v) is 3.64. The molecule has 1 fully saturated rings. The average molecular weight is 913 g/mol. The molecule has 61 heavy (non-hydrogen) atoms. The first-order chi connectivity index (χ1) is 28.8. The summed E-state index contributed by atoms with van der Waals surface area (Å²) in [6.45, 7) is 36.4. The van der Waals surface area contributed by atoms with Crippen molar-refractivity contribution < 1.29 is 31.1 Å². The second-order valence-corrected chi connectivity index (χ2v) is 15.7. The maximum absolute atomic E-state index is 11.2. The second-order valence-electron chi connectivity index (χ2n) is 13.4. The molecule has 1 aliphatic carbocycles. The van der Waals surface area contributed by atoms with Gasteiger partial charge in [0.25, 0.3) is 6.08 Å². The molecule has 0 heterocycles. The molecule has 0 spiro atoms. The molecule has 0 bridgehead atoms. The minimum absolute atomic E-state index is 0.329. The van der Waals surface area contributed by atoms with Crippen LogP contribution in [0, 0.1) is 26.2 Å². The minimum atomic E-state index is -4.89. The molecule has 0 aromatic heterocycles. The molecular formula is C52H98F6OSSi. The van der Waals surface area contributed by atoms with Crippen LogP contribution in [0.25, 0.3) is 11.1 Å². The Hall–Kier alpha value is -2.49. The van der Waals surface area contributed by atoms with Crippen molar-refractivity contribution >= 4 is 21.3 Å². The van der Waals surface area contributed by atoms with E-state index >= 15 is 0 Å². The number of alkyl halides is 4. The van der Waals surface area contributed by atoms with E-state index in [1.54, 1.807) is 26.0 Å². The van der Waals surface area contributed by atoms with Crippen molar-refractivity contribution in [1.29, 1.82) is 0 Å². The number of halogens is 6. The molecule has 0 N–H and O–H groups in total. The Bertz CT molecular complexity index is 1120. The smallest absolute Gasteiger partial charge is 0.388 e. The first kappa shape index (κ1) is 78.9. The maximum Gasteiger partial charge on any atom is 0.417 e. The van der Waals surface area contributed by atoms with Gasteiger partial charge in [0.1, 0.15) is 0 Å². The van der Waals surface area contributed by atoms with Crippen LogP contribution in [0.15, 0.2) is 90.5 Å². The van der Waals surface area contributed by atoms with Crippen LogP contribution in [0.3, 0.4) is 0 Å². The Kier molecular flexibility index (Phi) is 83.0. The topological polar surface area (TPSA) is 9.23 Å². The van der Waals surface area contributed by atoms with Gasteiger partial charge in [0.05, 0.1) is 12.8 Å². The third kappa shape index (κ3) is 72.3. The highest BCUT2D eigenvalue weighted by Gasteiger charge is 2.33. The summed E-state index contributed by atoms with van der Waals surface area (Å²) in [4.78, 5) is 0. The Balaban J connectivity index is -0.0000000738. The monoisotopic (exact) mass is 913 g/mol. The average Bonchev–Trinajstić information content (AvgIpc) is 3.23. The molecule has 364 valence electrons. The van der Waals surface area contributed by atoms with Crippen molar-refractivity contribution in [2.24, 2.45) is 5.41 Å². The molecule has 0 radical (unpaired) electrons. The lowest BCUT2D eigenvalue weighted by Crippen LogP contribution is -2.14. The second kappa shape index (κ2) is 64.1. The van der Waals surface area contributed by atoms with E-state index in [4.69, 9.17) is 0 Å². The lowest BCUT2D eigenvalue weighted by molar-refractivity contribution is -0.0947. The van der Waals surface area contributed by atoms with Crippen molar-refractivity contribution in [3.8, 4) is 11.1 Å². The number of hydrogen-bond donors (Lipinski definition) is 0. The molecule has 0 amide bonds. The van der Waals surface area contributed by atoms with Crippen LogP contribution in [0.4, 0.5) is 26.3 Å². The molecule has 4 rings (SSSR count). The fourth-order valence-electron chi connectivity index (χ4n) is 3.64. The molecule has 1 aliphatic rings. The molecule has 0 aliphatic heterocycles. The lowest BCUT2D eigenvalue weighted by Gasteiger charge is -2.28. The summed E-state index contributed by atoms with van der Waals surface area (Å²) in [6, 6.07) is 27.5. The minimum Gasteiger partial charge on any atom is -0.388 e. The van der Waals surface area contributed by atoms with Crippen molar-refractivity contribution in [2.75, 3.05) is 33.9 Å². The van der Waals surface area contributed by atoms with Crippen molar-refractivity contribution in [2.45, 2.75) is 175 Å². The summed E-state index contributed by atoms with van der Waals surface area (Å²) in [5.41, 5.74) is 5.36. The molecule has 1 nitrogen and oxygen atoms in total. The van der Waals surface area contributed by atoms with Gasteiger partial charge >= 0.3 is 6.18 Å². The van der Waals surface area contributed by atoms with Crippen LogP contribution in [-0.4, -0.2) is 49.6 Å². The van der Waals surface area contributed by atoms with E-state index in [0.29, 0.717) is 29.0 Å². The molecule has 0 saturated heterocycles. The third-order valence-electron chi connectivity index (χ3n) is 6.29. The zero-order valence-electron chi connectivity index (χ0n) is 43.7. The SMILES string of the molecule is CC.CC.CC.CC(=C(F)F)C(F)(F)F.CC1(C)CCCCC1.CCC.CCC.CF.COC.CSC.C[SiH2]C.Cc1ccc(-c2ccc(C)cc2)cc1.Cc1ccccc1. The summed E-state index contributed by atoms with van der Waals surface area (Å²) < 4.78 is 69.4. The van der Waals surface area contributed by atoms with Gasteiger partial charge in [-0.05, 0) is 69.6 Å². The predicted molar refractivity (Wildman–Crippen MR) is 276 cm³/mol. The highest BCUT2D eigenvalue weighted by molar-refractivity contribution is 7.97. The van der Waals surface area contributed by atoms with Gasteiger partial charge in [-0.2, -0.15) is 33.7 Å². The summed E-state index contributed by atoms with van der Waals surface area (Å²) >= 11 is 1.75. The number of hydrogen-bond acceptors (Lipinski definition) is 2. The molecule has 9 heteroatoms. The number of rotatable bonds is 1. The van der Waals surface area contributed by atoms with E-state index in [0.717, 1.165) is 0 Å². The Morgan fingerprint density at radius 3 is 0.967 bits per heavy atom. The molecule has 3 aromatic carbocycles. The van der Waals surface area contributed by atoms with Crippen LogP contribution in [0.2, 0.25) is 13.1 Å². The highest BCUT2D eigenvalue weighted by atomic mass is 32.2. The molecule has 1 saturated carbocycles. The fraction of sp³-hybridized carbons (Fsp3) is 0.615. The number of allylic oxidation sites excluding steroid dienone is 1. The van der Waals surface area contributed by atoms with E-state index < -0.39 is 17.8 Å². The zero-order valence-corrected chi connectivity index (χ0v) is 46.0. The quantitative estimate of drug-likeness (QED) is 0.178. The van der Waals surface area contributed by atoms with Crippen molar-refractivity contribution in [3.05, 3.63) is 107 Å². The lowest BCUT2D eigenvalue weighted by atomic mass is 9.78. The van der Waals surface area contributed by atoms with Crippen LogP contribution >= 0.6 is 11.8 Å². The van der Waals surface area contributed by atoms with Crippen LogP contribution in [0.5, 0.6) is 0 Å². The number of thioether (sulfide) groups is 1. The van der Waals surface area contributed by atoms with Crippen molar-refractivity contribution in [1.82, 2.24) is 0 Å². The molecule has 0 unspecified atom stereocenters. The number of benzene rings is 3. The van der Waals surface area contributed by atoms with Crippen LogP contribution in [-0.2, 0) is 4.74 Å². The van der Waals surface area contributed by atoms with Gasteiger partial charge in [0, 0.05) is 23.7 Å². The van der Waals surface area contributed by atoms with Crippen LogP contribution in [0.1, 0.15) is 152 Å². The van der Waals surface area contributed by atoms with Crippen LogP contribution < -0.4 is 0 Å². The van der Waals surface area contributed by atoms with Gasteiger partial charge < -0.3 is 4.74 Å². The van der Waals surface area contributed by atoms with Gasteiger partial charge in [0.15, 0.2) is 0 Å². The summed E-state index contributed by atoms with van der Waals surface area (Å²) in [5.74, 6) is 0. The summed E-state index contributed by atoms with van der Waals surface area (Å²) in [7, 11) is 4.17. The molecular weight excluding hydrogens is 815 g/mol. The first-order valence-corrected chi connectivity index (χ1v) is 26.7. The van der Waals surface area contributed by atoms with Gasteiger partial charge in [-0.15, -0.1) is 0 Å². The summed E-state index contributed by atoms with van der Waals surface area (Å²) in [5, 5.41) is 0. The summed E-state index contributed by atoms with van der Waals surface area (Å²) in [6.07, 6.45) is 6.32. The Morgan fingerprint density at radius 2 is 0.836 bits per heavy atom. The van der Waals surface area contributed by atoms with E-state index in [1.165, 1.54) is 72.8 Å². The van der Waals surface area contributed by atoms with Gasteiger partial charge in [0.2, 0.25) is 0 Å². The van der Waals surface area contributed by atoms with Gasteiger partial charge in [-0.1, -0.05) is 224 Å². The normalized spacial score (nSPS) is 10.5. The third-order valence-corrected chi connectivity index (χ3v) is 6.29. The maximum atomic E-state index is 11.2. The first-order valence-electron chi connectivity index (χ1n) is 22.2. The van der Waals surface area contributed by atoms with E-state index in [9.17, 15) is 26.3 Å². The zero-order chi connectivity index (χ0) is 50.3. The van der Waals surface area contributed by atoms with E-state index in [2.05, 4.69) is 141 Å². The van der Waals surface area contributed by atoms with Gasteiger partial charge in [-0.25, -0.2) is 0 Å². The number of aryl methyl sites for hydroxylation is 3. The Labute approximate surface area is 383 Å². The molecule has 0 atom stereocenters. The Morgan fingerprint density at radius 1 is 0.607 bits per heavy atom. The van der Waals surface area contributed by atoms with Crippen molar-refractivity contribution in [3.63, 3.8) is 0 Å². The van der Waals surface area contributed by atoms with Gasteiger partial charge in [-0.3, -0.25) is 4.39 Å². The highest BCUT2D eigenvalue weighted by Crippen LogP contribution is 2.34. The standard InChI is InChI=1S/C14H14.C8H16.C7H8.C4H3F5.2C3H8.C2H6O.C2H6S.C2H8Si.3C2H6.CH3F/c1-11-3-7-13(8-4-11)14-9-5-12(2)6-10-14;1-8(2)6-4-3-5-7-8;1-7-5-3-2-4-6-7;1-2(3(5)6)4(7,8)9;5*1-3-2;4*1-2/h3-10H,1-2H3;3-7H2,1-2H3;2-6H,1H3;1H3;2*3H2,1-2H3;2*1-2H3;3H2,1-2H3;3*1-2H3;1H3. The molecule has 3 aromatic rings. The van der Waals surface area contributed by atoms with E-state index in [-0.39, 0.29) is 0 Å². The number of ether oxygens (including phenoxy) is 1. The predicted octanol–water partition coefficient (Wildman–Crippen LogP) is 19.7. The largest absolute Gasteiger partial charge is 0.417 e. The number of methoxy groups -OCH3 is 1.